The van der Waals surface area contributed by atoms with Crippen molar-refractivity contribution in [3.05, 3.63) is 11.8 Å². The molecule has 0 bridgehead atoms. The molecule has 0 atom stereocenters. The third kappa shape index (κ3) is 1.58. The first-order valence-corrected chi connectivity index (χ1v) is 4.79. The van der Waals surface area contributed by atoms with Gasteiger partial charge in [-0.05, 0) is 44.3 Å². The number of hydrogen-bond donors (Lipinski definition) is 1. The zero-order valence-electron chi connectivity index (χ0n) is 7.64. The maximum atomic E-state index is 4.47. The second-order valence-corrected chi connectivity index (χ2v) is 3.80. The normalized spacial score (nSPS) is 25.4. The van der Waals surface area contributed by atoms with Crippen LogP contribution in [0.5, 0.6) is 0 Å². The van der Waals surface area contributed by atoms with Gasteiger partial charge in [-0.3, -0.25) is 4.99 Å². The van der Waals surface area contributed by atoms with E-state index in [1.54, 1.807) is 0 Å². The molecular weight excluding hydrogens is 148 g/mol. The predicted octanol–water partition coefficient (Wildman–Crippen LogP) is 1.73. The van der Waals surface area contributed by atoms with Crippen LogP contribution in [0.15, 0.2) is 16.8 Å². The molecule has 2 nitrogen and oxygen atoms in total. The first-order chi connectivity index (χ1) is 5.86. The lowest BCUT2D eigenvalue weighted by molar-refractivity contribution is 0.454. The maximum absolute atomic E-state index is 4.47. The van der Waals surface area contributed by atoms with E-state index in [1.165, 1.54) is 37.2 Å². The standard InChI is InChI=1S/C10H16N2/c1-8-6-10(12-7-8)9-2-4-11-5-3-9/h7,9,11H,2-6H2,1H3. The molecule has 0 amide bonds. The topological polar surface area (TPSA) is 24.4 Å². The Labute approximate surface area is 73.8 Å². The monoisotopic (exact) mass is 164 g/mol. The van der Waals surface area contributed by atoms with Gasteiger partial charge in [-0.2, -0.15) is 0 Å². The van der Waals surface area contributed by atoms with Crippen LogP contribution in [0.1, 0.15) is 26.2 Å². The minimum absolute atomic E-state index is 0.764. The van der Waals surface area contributed by atoms with Crippen molar-refractivity contribution in [1.82, 2.24) is 5.32 Å². The molecule has 66 valence electrons. The lowest BCUT2D eigenvalue weighted by atomic mass is 9.90. The van der Waals surface area contributed by atoms with Crippen LogP contribution in [0.25, 0.3) is 0 Å². The van der Waals surface area contributed by atoms with E-state index in [-0.39, 0.29) is 0 Å². The fraction of sp³-hybridized carbons (Fsp3) is 0.700. The quantitative estimate of drug-likeness (QED) is 0.627. The molecule has 12 heavy (non-hydrogen) atoms. The minimum atomic E-state index is 0.764. The van der Waals surface area contributed by atoms with E-state index in [9.17, 15) is 0 Å². The molecule has 0 unspecified atom stereocenters. The van der Waals surface area contributed by atoms with Crippen molar-refractivity contribution in [2.45, 2.75) is 26.2 Å². The molecule has 0 aromatic rings. The molecular formula is C10H16N2. The fourth-order valence-electron chi connectivity index (χ4n) is 1.97. The van der Waals surface area contributed by atoms with Gasteiger partial charge in [-0.15, -0.1) is 0 Å². The molecule has 1 N–H and O–H groups in total. The number of hydrogen-bond acceptors (Lipinski definition) is 2. The third-order valence-corrected chi connectivity index (χ3v) is 2.72. The lowest BCUT2D eigenvalue weighted by Crippen LogP contribution is -2.31. The van der Waals surface area contributed by atoms with Crippen LogP contribution in [0.4, 0.5) is 0 Å². The summed E-state index contributed by atoms with van der Waals surface area (Å²) in [5.74, 6) is 0.764. The van der Waals surface area contributed by atoms with Crippen LogP contribution in [-0.2, 0) is 0 Å². The lowest BCUT2D eigenvalue weighted by Gasteiger charge is -2.22. The molecule has 1 saturated heterocycles. The van der Waals surface area contributed by atoms with Crippen molar-refractivity contribution in [2.24, 2.45) is 10.9 Å². The largest absolute Gasteiger partial charge is 0.317 e. The van der Waals surface area contributed by atoms with Gasteiger partial charge in [0.1, 0.15) is 0 Å². The average molecular weight is 164 g/mol. The average Bonchev–Trinajstić information content (AvgIpc) is 2.54. The highest BCUT2D eigenvalue weighted by Gasteiger charge is 2.20. The Balaban J connectivity index is 1.93. The molecule has 0 aromatic heterocycles. The number of rotatable bonds is 1. The molecule has 0 saturated carbocycles. The summed E-state index contributed by atoms with van der Waals surface area (Å²) in [6, 6.07) is 0. The molecule has 2 heteroatoms. The minimum Gasteiger partial charge on any atom is -0.317 e. The third-order valence-electron chi connectivity index (χ3n) is 2.72. The van der Waals surface area contributed by atoms with Gasteiger partial charge in [-0.1, -0.05) is 0 Å². The SMILES string of the molecule is CC1=CN=C(C2CCNCC2)C1. The van der Waals surface area contributed by atoms with E-state index >= 15 is 0 Å². The molecule has 2 aliphatic heterocycles. The van der Waals surface area contributed by atoms with Crippen molar-refractivity contribution >= 4 is 5.71 Å². The van der Waals surface area contributed by atoms with Crippen LogP contribution in [0, 0.1) is 5.92 Å². The van der Waals surface area contributed by atoms with Crippen molar-refractivity contribution in [3.8, 4) is 0 Å². The van der Waals surface area contributed by atoms with Crippen molar-refractivity contribution in [1.29, 1.82) is 0 Å². The van der Waals surface area contributed by atoms with Crippen LogP contribution in [0.3, 0.4) is 0 Å². The Kier molecular flexibility index (Phi) is 2.26. The van der Waals surface area contributed by atoms with E-state index in [0.29, 0.717) is 0 Å². The number of piperidine rings is 1. The van der Waals surface area contributed by atoms with Crippen LogP contribution >= 0.6 is 0 Å². The predicted molar refractivity (Wildman–Crippen MR) is 51.4 cm³/mol. The second kappa shape index (κ2) is 3.40. The second-order valence-electron chi connectivity index (χ2n) is 3.80. The van der Waals surface area contributed by atoms with Gasteiger partial charge in [0, 0.05) is 18.3 Å². The maximum Gasteiger partial charge on any atom is 0.0260 e. The van der Waals surface area contributed by atoms with Crippen molar-refractivity contribution < 1.29 is 0 Å². The van der Waals surface area contributed by atoms with Crippen molar-refractivity contribution in [2.75, 3.05) is 13.1 Å². The van der Waals surface area contributed by atoms with E-state index < -0.39 is 0 Å². The summed E-state index contributed by atoms with van der Waals surface area (Å²) in [6.07, 6.45) is 5.71. The van der Waals surface area contributed by atoms with Crippen molar-refractivity contribution in [3.63, 3.8) is 0 Å². The van der Waals surface area contributed by atoms with Gasteiger partial charge in [0.15, 0.2) is 0 Å². The molecule has 0 aromatic carbocycles. The van der Waals surface area contributed by atoms with Gasteiger partial charge in [0.25, 0.3) is 0 Å². The molecule has 1 fully saturated rings. The van der Waals surface area contributed by atoms with Gasteiger partial charge in [-0.25, -0.2) is 0 Å². The molecule has 0 aliphatic carbocycles. The molecule has 0 spiro atoms. The molecule has 2 rings (SSSR count). The van der Waals surface area contributed by atoms with Crippen LogP contribution in [-0.4, -0.2) is 18.8 Å². The number of nitrogens with zero attached hydrogens (tertiary/aromatic N) is 1. The summed E-state index contributed by atoms with van der Waals surface area (Å²) in [7, 11) is 0. The first-order valence-electron chi connectivity index (χ1n) is 4.79. The van der Waals surface area contributed by atoms with Crippen LogP contribution < -0.4 is 5.32 Å². The summed E-state index contributed by atoms with van der Waals surface area (Å²) in [5, 5.41) is 3.38. The van der Waals surface area contributed by atoms with E-state index in [2.05, 4.69) is 17.2 Å². The summed E-state index contributed by atoms with van der Waals surface area (Å²) in [5.41, 5.74) is 2.84. The number of allylic oxidation sites excluding steroid dienone is 1. The Bertz CT molecular complexity index is 222. The van der Waals surface area contributed by atoms with Gasteiger partial charge in [0.2, 0.25) is 0 Å². The molecule has 0 radical (unpaired) electrons. The number of nitrogens with one attached hydrogen (secondary N) is 1. The first kappa shape index (κ1) is 7.99. The van der Waals surface area contributed by atoms with Crippen LogP contribution in [0.2, 0.25) is 0 Å². The summed E-state index contributed by atoms with van der Waals surface area (Å²) in [6.45, 7) is 4.50. The fourth-order valence-corrected chi connectivity index (χ4v) is 1.97. The highest BCUT2D eigenvalue weighted by atomic mass is 14.9. The van der Waals surface area contributed by atoms with E-state index in [4.69, 9.17) is 0 Å². The van der Waals surface area contributed by atoms with E-state index in [0.717, 1.165) is 12.3 Å². The summed E-state index contributed by atoms with van der Waals surface area (Å²) < 4.78 is 0. The highest BCUT2D eigenvalue weighted by Crippen LogP contribution is 2.22. The molecule has 2 heterocycles. The molecule has 2 aliphatic rings. The smallest absolute Gasteiger partial charge is 0.0260 e. The Morgan fingerprint density at radius 1 is 1.42 bits per heavy atom. The Hall–Kier alpha value is -0.630. The van der Waals surface area contributed by atoms with E-state index in [1.807, 2.05) is 6.20 Å². The number of aliphatic imine (C=N–C) groups is 1. The Morgan fingerprint density at radius 3 is 2.75 bits per heavy atom. The Morgan fingerprint density at radius 2 is 2.17 bits per heavy atom. The zero-order chi connectivity index (χ0) is 8.39. The van der Waals surface area contributed by atoms with Gasteiger partial charge in [0.05, 0.1) is 0 Å². The highest BCUT2D eigenvalue weighted by molar-refractivity contribution is 5.91. The zero-order valence-corrected chi connectivity index (χ0v) is 7.64. The summed E-state index contributed by atoms with van der Waals surface area (Å²) in [4.78, 5) is 4.47. The summed E-state index contributed by atoms with van der Waals surface area (Å²) >= 11 is 0. The van der Waals surface area contributed by atoms with Gasteiger partial charge < -0.3 is 5.32 Å². The van der Waals surface area contributed by atoms with Gasteiger partial charge >= 0.3 is 0 Å².